The number of nitrogens with one attached hydrogen (secondary N) is 1. The molecule has 3 aromatic heterocycles. The summed E-state index contributed by atoms with van der Waals surface area (Å²) in [6, 6.07) is 12.4. The van der Waals surface area contributed by atoms with Crippen molar-refractivity contribution >= 4 is 44.9 Å². The van der Waals surface area contributed by atoms with Crippen molar-refractivity contribution in [1.82, 2.24) is 19.7 Å². The third-order valence-electron chi connectivity index (χ3n) is 5.47. The number of benzene rings is 1. The summed E-state index contributed by atoms with van der Waals surface area (Å²) in [5.74, 6) is 1.15. The molecular formula is C22H21IN6S. The highest BCUT2D eigenvalue weighted by Crippen LogP contribution is 2.47. The fourth-order valence-electron chi connectivity index (χ4n) is 4.10. The van der Waals surface area contributed by atoms with Gasteiger partial charge in [0.05, 0.1) is 32.2 Å². The second-order valence-electron chi connectivity index (χ2n) is 7.48. The number of anilines is 2. The quantitative estimate of drug-likeness (QED) is 0.210. The van der Waals surface area contributed by atoms with Crippen molar-refractivity contribution in [3.63, 3.8) is 0 Å². The number of para-hydroxylation sites is 1. The van der Waals surface area contributed by atoms with Crippen LogP contribution in [0.5, 0.6) is 0 Å². The minimum atomic E-state index is 0.286. The Labute approximate surface area is 192 Å². The number of nitrogen functional groups attached to an aromatic ring is 1. The van der Waals surface area contributed by atoms with Gasteiger partial charge in [-0.2, -0.15) is 5.10 Å². The zero-order valence-electron chi connectivity index (χ0n) is 16.7. The molecule has 3 N–H and O–H groups in total. The standard InChI is InChI=1S/C22H21IN6S/c1-12-5-3-4-6-16(12)29-20-18(13(2)9-15-21(20)30-22(24)27-15)19(28-29)14-7-8-17(25-10-14)26-11-23/h3-8,10,13H,9,11H2,1-2H3,(H2,24,27)(H,25,26). The molecule has 0 saturated heterocycles. The minimum absolute atomic E-state index is 0.286. The number of alkyl halides is 1. The average molecular weight is 528 g/mol. The summed E-state index contributed by atoms with van der Waals surface area (Å²) in [4.78, 5) is 10.3. The van der Waals surface area contributed by atoms with Crippen molar-refractivity contribution in [2.24, 2.45) is 0 Å². The first-order valence-corrected chi connectivity index (χ1v) is 12.1. The number of halogens is 1. The van der Waals surface area contributed by atoms with Gasteiger partial charge in [-0.15, -0.1) is 0 Å². The molecule has 0 fully saturated rings. The van der Waals surface area contributed by atoms with Crippen LogP contribution in [0.2, 0.25) is 0 Å². The van der Waals surface area contributed by atoms with Crippen LogP contribution < -0.4 is 11.1 Å². The van der Waals surface area contributed by atoms with Crippen molar-refractivity contribution in [2.75, 3.05) is 15.6 Å². The van der Waals surface area contributed by atoms with Gasteiger partial charge in [0, 0.05) is 17.3 Å². The molecule has 0 aliphatic heterocycles. The lowest BCUT2D eigenvalue weighted by Crippen LogP contribution is -2.10. The van der Waals surface area contributed by atoms with E-state index in [4.69, 9.17) is 10.8 Å². The van der Waals surface area contributed by atoms with E-state index in [0.717, 1.165) is 50.0 Å². The summed E-state index contributed by atoms with van der Waals surface area (Å²) < 4.78 is 2.89. The van der Waals surface area contributed by atoms with E-state index in [1.807, 2.05) is 12.3 Å². The number of hydrogen-bond donors (Lipinski definition) is 2. The van der Waals surface area contributed by atoms with Gasteiger partial charge in [-0.1, -0.05) is 59.1 Å². The third-order valence-corrected chi connectivity index (χ3v) is 6.79. The first-order valence-electron chi connectivity index (χ1n) is 9.77. The highest BCUT2D eigenvalue weighted by Gasteiger charge is 2.33. The van der Waals surface area contributed by atoms with Gasteiger partial charge >= 0.3 is 0 Å². The number of rotatable bonds is 4. The highest BCUT2D eigenvalue weighted by molar-refractivity contribution is 14.1. The lowest BCUT2D eigenvalue weighted by molar-refractivity contribution is 0.735. The lowest BCUT2D eigenvalue weighted by Gasteiger charge is -2.20. The number of thiazole rings is 1. The lowest BCUT2D eigenvalue weighted by atomic mass is 9.86. The number of pyridine rings is 1. The Balaban J connectivity index is 1.77. The number of fused-ring (bicyclic) bond motifs is 3. The maximum absolute atomic E-state index is 6.10. The molecule has 0 spiro atoms. The van der Waals surface area contributed by atoms with Crippen LogP contribution in [0.1, 0.15) is 29.7 Å². The maximum atomic E-state index is 6.10. The fourth-order valence-corrected chi connectivity index (χ4v) is 5.39. The predicted molar refractivity (Wildman–Crippen MR) is 132 cm³/mol. The second kappa shape index (κ2) is 7.66. The Hall–Kier alpha value is -2.46. The summed E-state index contributed by atoms with van der Waals surface area (Å²) in [7, 11) is 0. The molecule has 0 radical (unpaired) electrons. The summed E-state index contributed by atoms with van der Waals surface area (Å²) in [6.07, 6.45) is 2.77. The van der Waals surface area contributed by atoms with Crippen LogP contribution in [0, 0.1) is 6.92 Å². The molecule has 4 aromatic rings. The van der Waals surface area contributed by atoms with Crippen LogP contribution in [0.15, 0.2) is 42.6 Å². The van der Waals surface area contributed by atoms with Crippen LogP contribution in [0.3, 0.4) is 0 Å². The number of nitrogens with zero attached hydrogens (tertiary/aromatic N) is 4. The van der Waals surface area contributed by atoms with Crippen LogP contribution in [-0.4, -0.2) is 24.3 Å². The maximum Gasteiger partial charge on any atom is 0.180 e. The molecule has 1 unspecified atom stereocenters. The summed E-state index contributed by atoms with van der Waals surface area (Å²) in [5, 5.41) is 8.97. The molecule has 1 atom stereocenters. The molecule has 0 saturated carbocycles. The van der Waals surface area contributed by atoms with Gasteiger partial charge in [0.15, 0.2) is 5.13 Å². The third kappa shape index (κ3) is 3.18. The first kappa shape index (κ1) is 19.5. The largest absolute Gasteiger partial charge is 0.375 e. The van der Waals surface area contributed by atoms with Gasteiger partial charge in [-0.25, -0.2) is 14.6 Å². The number of hydrogen-bond acceptors (Lipinski definition) is 6. The SMILES string of the molecule is Cc1ccccc1-n1nc(-c2ccc(NCI)nc2)c2c1-c1sc(N)nc1CC2C. The second-order valence-corrected chi connectivity index (χ2v) is 9.28. The first-order chi connectivity index (χ1) is 14.6. The Morgan fingerprint density at radius 3 is 2.83 bits per heavy atom. The van der Waals surface area contributed by atoms with E-state index in [9.17, 15) is 0 Å². The van der Waals surface area contributed by atoms with E-state index in [0.29, 0.717) is 5.13 Å². The van der Waals surface area contributed by atoms with Crippen molar-refractivity contribution in [3.8, 4) is 27.5 Å². The van der Waals surface area contributed by atoms with Crippen LogP contribution in [0.25, 0.3) is 27.5 Å². The molecule has 1 aliphatic rings. The average Bonchev–Trinajstić information content (AvgIpc) is 3.30. The van der Waals surface area contributed by atoms with Gasteiger partial charge in [0.1, 0.15) is 5.82 Å². The van der Waals surface area contributed by atoms with Gasteiger partial charge < -0.3 is 11.1 Å². The Kier molecular flexibility index (Phi) is 4.98. The zero-order chi connectivity index (χ0) is 20.8. The summed E-state index contributed by atoms with van der Waals surface area (Å²) in [5.41, 5.74) is 13.8. The normalized spacial score (nSPS) is 15.0. The fraction of sp³-hybridized carbons (Fsp3) is 0.227. The number of aromatic nitrogens is 4. The molecule has 1 aliphatic carbocycles. The van der Waals surface area contributed by atoms with E-state index in [1.165, 1.54) is 11.1 Å². The monoisotopic (exact) mass is 528 g/mol. The molecule has 0 bridgehead atoms. The molecule has 3 heterocycles. The van der Waals surface area contributed by atoms with Crippen molar-refractivity contribution < 1.29 is 0 Å². The molecule has 0 amide bonds. The van der Waals surface area contributed by atoms with E-state index >= 15 is 0 Å². The van der Waals surface area contributed by atoms with Crippen LogP contribution >= 0.6 is 33.9 Å². The molecule has 8 heteroatoms. The van der Waals surface area contributed by atoms with E-state index in [1.54, 1.807) is 11.3 Å². The molecular weight excluding hydrogens is 507 g/mol. The van der Waals surface area contributed by atoms with E-state index < -0.39 is 0 Å². The molecule has 152 valence electrons. The van der Waals surface area contributed by atoms with Gasteiger partial charge in [-0.3, -0.25) is 0 Å². The summed E-state index contributed by atoms with van der Waals surface area (Å²) in [6.45, 7) is 4.35. The van der Waals surface area contributed by atoms with Gasteiger partial charge in [0.25, 0.3) is 0 Å². The Bertz CT molecular complexity index is 1230. The van der Waals surface area contributed by atoms with Crippen molar-refractivity contribution in [2.45, 2.75) is 26.2 Å². The smallest absolute Gasteiger partial charge is 0.180 e. The molecule has 6 nitrogen and oxygen atoms in total. The van der Waals surface area contributed by atoms with Gasteiger partial charge in [-0.05, 0) is 43.0 Å². The Morgan fingerprint density at radius 1 is 1.27 bits per heavy atom. The number of nitrogens with two attached hydrogens (primary N) is 1. The highest BCUT2D eigenvalue weighted by atomic mass is 127. The van der Waals surface area contributed by atoms with E-state index in [-0.39, 0.29) is 5.92 Å². The molecule has 1 aromatic carbocycles. The topological polar surface area (TPSA) is 81.7 Å². The molecule has 30 heavy (non-hydrogen) atoms. The molecule has 5 rings (SSSR count). The van der Waals surface area contributed by atoms with Crippen molar-refractivity contribution in [3.05, 3.63) is 59.4 Å². The van der Waals surface area contributed by atoms with Crippen molar-refractivity contribution in [1.29, 1.82) is 0 Å². The van der Waals surface area contributed by atoms with Crippen LogP contribution in [-0.2, 0) is 6.42 Å². The van der Waals surface area contributed by atoms with E-state index in [2.05, 4.69) is 86.7 Å². The zero-order valence-corrected chi connectivity index (χ0v) is 19.7. The van der Waals surface area contributed by atoms with Crippen LogP contribution in [0.4, 0.5) is 10.9 Å². The van der Waals surface area contributed by atoms with Gasteiger partial charge in [0.2, 0.25) is 0 Å². The number of aryl methyl sites for hydroxylation is 1. The minimum Gasteiger partial charge on any atom is -0.375 e. The summed E-state index contributed by atoms with van der Waals surface area (Å²) >= 11 is 3.82. The Morgan fingerprint density at radius 2 is 2.10 bits per heavy atom. The predicted octanol–water partition coefficient (Wildman–Crippen LogP) is 5.41.